The number of carbonyl (C=O) groups excluding carboxylic acids is 2. The van der Waals surface area contributed by atoms with Crippen LogP contribution in [0.1, 0.15) is 46.5 Å². The van der Waals surface area contributed by atoms with Gasteiger partial charge in [-0.05, 0) is 55.5 Å². The number of aryl methyl sites for hydroxylation is 1. The van der Waals surface area contributed by atoms with Crippen LogP contribution < -0.4 is 10.1 Å². The molecule has 0 saturated carbocycles. The molecular formula is C26H28F2N4O4S2. The summed E-state index contributed by atoms with van der Waals surface area (Å²) in [4.78, 5) is 26.7. The molecule has 0 radical (unpaired) electrons. The number of allylic oxidation sites excluding steroid dienone is 1. The van der Waals surface area contributed by atoms with Gasteiger partial charge in [0.05, 0.1) is 18.4 Å². The second kappa shape index (κ2) is 13.0. The first kappa shape index (κ1) is 27.8. The average molecular weight is 563 g/mol. The van der Waals surface area contributed by atoms with Gasteiger partial charge in [0.15, 0.2) is 11.0 Å². The van der Waals surface area contributed by atoms with Crippen molar-refractivity contribution < 1.29 is 27.8 Å². The summed E-state index contributed by atoms with van der Waals surface area (Å²) in [6.07, 6.45) is 7.69. The normalized spacial score (nSPS) is 13.4. The van der Waals surface area contributed by atoms with E-state index in [-0.39, 0.29) is 17.4 Å². The highest BCUT2D eigenvalue weighted by Crippen LogP contribution is 2.38. The van der Waals surface area contributed by atoms with Gasteiger partial charge in [0.1, 0.15) is 10.8 Å². The van der Waals surface area contributed by atoms with Crippen molar-refractivity contribution in [2.24, 2.45) is 0 Å². The first-order valence-electron chi connectivity index (χ1n) is 12.2. The van der Waals surface area contributed by atoms with E-state index < -0.39 is 12.6 Å². The predicted molar refractivity (Wildman–Crippen MR) is 143 cm³/mol. The molecule has 1 aliphatic rings. The summed E-state index contributed by atoms with van der Waals surface area (Å²) in [5.74, 6) is -0.136. The summed E-state index contributed by atoms with van der Waals surface area (Å²) in [5, 5.41) is 12.4. The Morgan fingerprint density at radius 1 is 1.18 bits per heavy atom. The molecule has 1 N–H and O–H groups in total. The number of methoxy groups -OCH3 is 1. The molecule has 0 spiro atoms. The summed E-state index contributed by atoms with van der Waals surface area (Å²) in [6, 6.07) is 6.08. The Morgan fingerprint density at radius 3 is 2.61 bits per heavy atom. The minimum atomic E-state index is -2.91. The van der Waals surface area contributed by atoms with Crippen molar-refractivity contribution in [1.82, 2.24) is 14.8 Å². The third kappa shape index (κ3) is 6.60. The fourth-order valence-corrected chi connectivity index (χ4v) is 6.35. The maximum atomic E-state index is 12.9. The van der Waals surface area contributed by atoms with Gasteiger partial charge in [-0.25, -0.2) is 4.79 Å². The van der Waals surface area contributed by atoms with Gasteiger partial charge >= 0.3 is 12.6 Å². The van der Waals surface area contributed by atoms with E-state index in [4.69, 9.17) is 4.74 Å². The number of nitrogens with zero attached hydrogens (tertiary/aromatic N) is 3. The zero-order chi connectivity index (χ0) is 27.1. The van der Waals surface area contributed by atoms with Gasteiger partial charge in [-0.2, -0.15) is 8.78 Å². The van der Waals surface area contributed by atoms with Gasteiger partial charge < -0.3 is 14.8 Å². The van der Waals surface area contributed by atoms with Crippen molar-refractivity contribution in [3.63, 3.8) is 0 Å². The van der Waals surface area contributed by atoms with Crippen LogP contribution in [0.4, 0.5) is 13.8 Å². The average Bonchev–Trinajstić information content (AvgIpc) is 3.43. The number of benzene rings is 1. The van der Waals surface area contributed by atoms with E-state index in [1.165, 1.54) is 42.3 Å². The quantitative estimate of drug-likeness (QED) is 0.185. The molecular weight excluding hydrogens is 534 g/mol. The molecule has 1 aliphatic carbocycles. The second-order valence-electron chi connectivity index (χ2n) is 8.56. The summed E-state index contributed by atoms with van der Waals surface area (Å²) < 4.78 is 36.1. The zero-order valence-corrected chi connectivity index (χ0v) is 22.5. The highest BCUT2D eigenvalue weighted by molar-refractivity contribution is 7.99. The van der Waals surface area contributed by atoms with Gasteiger partial charge in [-0.15, -0.1) is 28.1 Å². The van der Waals surface area contributed by atoms with Gasteiger partial charge in [0.2, 0.25) is 5.91 Å². The minimum absolute atomic E-state index is 0.0395. The first-order valence-corrected chi connectivity index (χ1v) is 14.0. The molecule has 8 nitrogen and oxygen atoms in total. The molecule has 0 unspecified atom stereocenters. The number of thiophene rings is 1. The van der Waals surface area contributed by atoms with E-state index in [2.05, 4.69) is 26.8 Å². The molecule has 0 saturated heterocycles. The van der Waals surface area contributed by atoms with Crippen LogP contribution in [0, 0.1) is 0 Å². The fraction of sp³-hybridized carbons (Fsp3) is 0.385. The highest BCUT2D eigenvalue weighted by atomic mass is 32.2. The Balaban J connectivity index is 1.49. The molecule has 2 heterocycles. The summed E-state index contributed by atoms with van der Waals surface area (Å²) in [6.45, 7) is 1.25. The first-order chi connectivity index (χ1) is 18.4. The molecule has 2 aromatic heterocycles. The predicted octanol–water partition coefficient (Wildman–Crippen LogP) is 5.97. The number of alkyl halides is 2. The molecule has 1 amide bonds. The van der Waals surface area contributed by atoms with E-state index in [0.717, 1.165) is 49.0 Å². The lowest BCUT2D eigenvalue weighted by molar-refractivity contribution is -0.113. The molecule has 0 bridgehead atoms. The molecule has 0 aliphatic heterocycles. The molecule has 4 rings (SSSR count). The van der Waals surface area contributed by atoms with E-state index >= 15 is 0 Å². The largest absolute Gasteiger partial charge is 0.465 e. The number of amides is 1. The van der Waals surface area contributed by atoms with E-state index in [1.807, 2.05) is 0 Å². The van der Waals surface area contributed by atoms with Crippen LogP contribution in [0.5, 0.6) is 5.75 Å². The number of halogens is 2. The number of thioether (sulfide) groups is 1. The third-order valence-electron chi connectivity index (χ3n) is 6.01. The van der Waals surface area contributed by atoms with E-state index in [9.17, 15) is 18.4 Å². The lowest BCUT2D eigenvalue weighted by atomic mass is 9.96. The van der Waals surface area contributed by atoms with Crippen molar-refractivity contribution in [3.05, 3.63) is 52.9 Å². The monoisotopic (exact) mass is 562 g/mol. The molecule has 12 heteroatoms. The van der Waals surface area contributed by atoms with Crippen molar-refractivity contribution in [2.75, 3.05) is 18.2 Å². The number of hydrogen-bond donors (Lipinski definition) is 1. The molecule has 1 aromatic carbocycles. The fourth-order valence-electron chi connectivity index (χ4n) is 4.31. The maximum absolute atomic E-state index is 12.9. The number of esters is 1. The second-order valence-corrected chi connectivity index (χ2v) is 10.6. The van der Waals surface area contributed by atoms with Crippen LogP contribution >= 0.6 is 23.1 Å². The van der Waals surface area contributed by atoms with Crippen molar-refractivity contribution in [3.8, 4) is 17.1 Å². The minimum Gasteiger partial charge on any atom is -0.465 e. The number of rotatable bonds is 10. The molecule has 0 fully saturated rings. The summed E-state index contributed by atoms with van der Waals surface area (Å²) >= 11 is 2.65. The lowest BCUT2D eigenvalue weighted by Crippen LogP contribution is -2.17. The highest BCUT2D eigenvalue weighted by Gasteiger charge is 2.26. The van der Waals surface area contributed by atoms with Crippen LogP contribution in [0.15, 0.2) is 42.1 Å². The summed E-state index contributed by atoms with van der Waals surface area (Å²) in [5.41, 5.74) is 2.10. The van der Waals surface area contributed by atoms with Crippen LogP contribution in [0.25, 0.3) is 11.4 Å². The zero-order valence-electron chi connectivity index (χ0n) is 20.9. The van der Waals surface area contributed by atoms with Crippen LogP contribution in [-0.4, -0.2) is 46.1 Å². The molecule has 3 aromatic rings. The Kier molecular flexibility index (Phi) is 9.51. The van der Waals surface area contributed by atoms with Crippen molar-refractivity contribution in [2.45, 2.75) is 56.8 Å². The topological polar surface area (TPSA) is 95.3 Å². The molecule has 38 heavy (non-hydrogen) atoms. The molecule has 202 valence electrons. The Morgan fingerprint density at radius 2 is 1.92 bits per heavy atom. The number of fused-ring (bicyclic) bond motifs is 1. The SMILES string of the molecule is C=CCn1c(SCC(=O)Nc2sc3c(c2C(=O)OC)CCCCCC3)nnc1-c1ccc(OC(F)F)cc1. The van der Waals surface area contributed by atoms with E-state index in [1.54, 1.807) is 22.8 Å². The number of nitrogens with one attached hydrogen (secondary N) is 1. The van der Waals surface area contributed by atoms with Gasteiger partial charge in [0, 0.05) is 17.0 Å². The summed E-state index contributed by atoms with van der Waals surface area (Å²) in [7, 11) is 1.35. The smallest absolute Gasteiger partial charge is 0.387 e. The number of carbonyl (C=O) groups is 2. The van der Waals surface area contributed by atoms with Gasteiger partial charge in [-0.1, -0.05) is 30.7 Å². The number of ether oxygens (including phenoxy) is 2. The maximum Gasteiger partial charge on any atom is 0.387 e. The van der Waals surface area contributed by atoms with Crippen LogP contribution in [0.3, 0.4) is 0 Å². The van der Waals surface area contributed by atoms with Gasteiger partial charge in [-0.3, -0.25) is 9.36 Å². The van der Waals surface area contributed by atoms with Gasteiger partial charge in [0.25, 0.3) is 0 Å². The Bertz CT molecular complexity index is 1290. The number of hydrogen-bond acceptors (Lipinski definition) is 8. The third-order valence-corrected chi connectivity index (χ3v) is 8.19. The number of anilines is 1. The number of aromatic nitrogens is 3. The standard InChI is InChI=1S/C26H28F2N4O4S2/c1-3-14-32-22(16-10-12-17(13-11-16)36-25(27)28)30-31-26(32)37-15-20(33)29-23-21(24(34)35-2)18-8-6-4-5-7-9-19(18)38-23/h3,10-13,25H,1,4-9,14-15H2,2H3,(H,29,33). The van der Waals surface area contributed by atoms with Crippen LogP contribution in [-0.2, 0) is 28.9 Å². The van der Waals surface area contributed by atoms with Crippen molar-refractivity contribution >= 4 is 40.0 Å². The van der Waals surface area contributed by atoms with Crippen LogP contribution in [0.2, 0.25) is 0 Å². The van der Waals surface area contributed by atoms with E-state index in [0.29, 0.717) is 33.7 Å². The Labute approximate surface area is 227 Å². The Hall–Kier alpha value is -3.25. The molecule has 0 atom stereocenters. The van der Waals surface area contributed by atoms with Crippen molar-refractivity contribution in [1.29, 1.82) is 0 Å². The lowest BCUT2D eigenvalue weighted by Gasteiger charge is -2.11.